The van der Waals surface area contributed by atoms with E-state index in [1.165, 1.54) is 12.8 Å². The van der Waals surface area contributed by atoms with Gasteiger partial charge in [-0.05, 0) is 30.5 Å². The van der Waals surface area contributed by atoms with Crippen LogP contribution < -0.4 is 9.47 Å². The molecule has 0 saturated heterocycles. The van der Waals surface area contributed by atoms with Crippen LogP contribution in [0.3, 0.4) is 0 Å². The lowest BCUT2D eigenvalue weighted by Gasteiger charge is -2.15. The minimum atomic E-state index is -0.707. The average Bonchev–Trinajstić information content (AvgIpc) is 2.75. The van der Waals surface area contributed by atoms with E-state index in [2.05, 4.69) is 30.7 Å². The summed E-state index contributed by atoms with van der Waals surface area (Å²) < 4.78 is 16.6. The molecule has 0 radical (unpaired) electrons. The van der Waals surface area contributed by atoms with Gasteiger partial charge >= 0.3 is 6.16 Å². The molecule has 0 aliphatic rings. The molecule has 158 valence electrons. The number of aromatic nitrogens is 2. The number of carbonyl (C=O) groups excluding carboxylic acids is 1. The Bertz CT molecular complexity index is 737. The molecular formula is C23H32N2O4. The maximum absolute atomic E-state index is 12.1. The number of hydrogen-bond donors (Lipinski definition) is 0. The van der Waals surface area contributed by atoms with Gasteiger partial charge in [-0.15, -0.1) is 0 Å². The molecule has 2 aromatic rings. The Morgan fingerprint density at radius 1 is 1.07 bits per heavy atom. The Morgan fingerprint density at radius 3 is 2.62 bits per heavy atom. The maximum atomic E-state index is 12.1. The first-order valence-corrected chi connectivity index (χ1v) is 10.5. The second-order valence-electron chi connectivity index (χ2n) is 7.19. The Labute approximate surface area is 173 Å². The molecule has 2 rings (SSSR count). The van der Waals surface area contributed by atoms with Crippen molar-refractivity contribution in [3.8, 4) is 22.8 Å². The van der Waals surface area contributed by atoms with Crippen LogP contribution >= 0.6 is 0 Å². The van der Waals surface area contributed by atoms with Crippen LogP contribution in [-0.2, 0) is 4.74 Å². The molecule has 1 aromatic heterocycles. The summed E-state index contributed by atoms with van der Waals surface area (Å²) in [4.78, 5) is 20.5. The quantitative estimate of drug-likeness (QED) is 0.245. The van der Waals surface area contributed by atoms with Gasteiger partial charge in [0.2, 0.25) is 0 Å². The summed E-state index contributed by atoms with van der Waals surface area (Å²) >= 11 is 0. The molecule has 1 heterocycles. The third-order valence-corrected chi connectivity index (χ3v) is 4.68. The molecule has 1 unspecified atom stereocenters. The van der Waals surface area contributed by atoms with E-state index in [1.54, 1.807) is 24.7 Å². The van der Waals surface area contributed by atoms with Gasteiger partial charge in [-0.1, -0.05) is 52.9 Å². The molecule has 0 amide bonds. The third kappa shape index (κ3) is 8.10. The number of carbonyl (C=O) groups is 1. The summed E-state index contributed by atoms with van der Waals surface area (Å²) in [7, 11) is 0. The van der Waals surface area contributed by atoms with Crippen LogP contribution in [0.4, 0.5) is 4.79 Å². The van der Waals surface area contributed by atoms with Gasteiger partial charge in [0, 0.05) is 18.0 Å². The van der Waals surface area contributed by atoms with Crippen LogP contribution in [0.25, 0.3) is 11.3 Å². The van der Waals surface area contributed by atoms with Gasteiger partial charge in [0.25, 0.3) is 0 Å². The van der Waals surface area contributed by atoms with E-state index >= 15 is 0 Å². The summed E-state index contributed by atoms with van der Waals surface area (Å²) in [5.41, 5.74) is 1.57. The highest BCUT2D eigenvalue weighted by Gasteiger charge is 2.15. The summed E-state index contributed by atoms with van der Waals surface area (Å²) in [6, 6.07) is 5.35. The van der Waals surface area contributed by atoms with Crippen molar-refractivity contribution in [1.82, 2.24) is 9.97 Å². The van der Waals surface area contributed by atoms with Crippen molar-refractivity contribution >= 4 is 6.16 Å². The minimum absolute atomic E-state index is 0.344. The zero-order valence-electron chi connectivity index (χ0n) is 17.7. The Hall–Kier alpha value is -2.63. The molecule has 6 heteroatoms. The number of rotatable bonds is 12. The number of unbranched alkanes of at least 4 members (excludes halogenated alkanes) is 4. The van der Waals surface area contributed by atoms with Gasteiger partial charge in [-0.25, -0.2) is 4.79 Å². The lowest BCUT2D eigenvalue weighted by atomic mass is 10.1. The molecule has 29 heavy (non-hydrogen) atoms. The fourth-order valence-corrected chi connectivity index (χ4v) is 2.64. The van der Waals surface area contributed by atoms with E-state index in [0.29, 0.717) is 30.6 Å². The van der Waals surface area contributed by atoms with E-state index in [4.69, 9.17) is 14.2 Å². The molecule has 0 N–H and O–H groups in total. The number of ether oxygens (including phenoxy) is 3. The highest BCUT2D eigenvalue weighted by atomic mass is 16.7. The van der Waals surface area contributed by atoms with Crippen LogP contribution in [0.15, 0.2) is 36.8 Å². The first-order valence-electron chi connectivity index (χ1n) is 10.5. The van der Waals surface area contributed by atoms with Gasteiger partial charge in [0.1, 0.15) is 0 Å². The molecule has 0 aliphatic carbocycles. The normalized spacial score (nSPS) is 11.7. The monoisotopic (exact) mass is 400 g/mol. The van der Waals surface area contributed by atoms with Crippen molar-refractivity contribution < 1.29 is 19.0 Å². The Kier molecular flexibility index (Phi) is 9.96. The van der Waals surface area contributed by atoms with Crippen molar-refractivity contribution in [1.29, 1.82) is 0 Å². The fourth-order valence-electron chi connectivity index (χ4n) is 2.64. The molecule has 1 aromatic carbocycles. The lowest BCUT2D eigenvalue weighted by molar-refractivity contribution is 0.0954. The molecule has 0 fully saturated rings. The molecular weight excluding hydrogens is 368 g/mol. The molecule has 0 saturated carbocycles. The smallest absolute Gasteiger partial charge is 0.489 e. The van der Waals surface area contributed by atoms with Crippen molar-refractivity contribution in [3.63, 3.8) is 0 Å². The van der Waals surface area contributed by atoms with Crippen molar-refractivity contribution in [2.75, 3.05) is 13.2 Å². The van der Waals surface area contributed by atoms with Gasteiger partial charge in [0.05, 0.1) is 25.1 Å². The second kappa shape index (κ2) is 12.8. The number of nitrogens with zero attached hydrogens (tertiary/aromatic N) is 2. The molecule has 0 aliphatic heterocycles. The summed E-state index contributed by atoms with van der Waals surface area (Å²) in [6.07, 6.45) is 10.7. The summed E-state index contributed by atoms with van der Waals surface area (Å²) in [5.74, 6) is 1.23. The van der Waals surface area contributed by atoms with E-state index in [-0.39, 0.29) is 0 Å². The predicted octanol–water partition coefficient (Wildman–Crippen LogP) is 6.05. The van der Waals surface area contributed by atoms with E-state index in [1.807, 2.05) is 12.1 Å². The van der Waals surface area contributed by atoms with Gasteiger partial charge < -0.3 is 14.2 Å². The molecule has 6 nitrogen and oxygen atoms in total. The van der Waals surface area contributed by atoms with Crippen LogP contribution in [0.2, 0.25) is 0 Å². The van der Waals surface area contributed by atoms with Gasteiger partial charge in [-0.3, -0.25) is 9.97 Å². The highest BCUT2D eigenvalue weighted by Crippen LogP contribution is 2.32. The molecule has 0 spiro atoms. The van der Waals surface area contributed by atoms with E-state index < -0.39 is 6.16 Å². The highest BCUT2D eigenvalue weighted by molar-refractivity contribution is 5.68. The standard InChI is InChI=1S/C23H32N2O4/c1-4-6-7-8-9-14-27-23(26)29-21-11-10-19(20-16-24-12-13-25-20)15-22(21)28-17-18(3)5-2/h10-13,15-16,18H,4-9,14,17H2,1-3H3. The van der Waals surface area contributed by atoms with Crippen LogP contribution in [-0.4, -0.2) is 29.3 Å². The predicted molar refractivity (Wildman–Crippen MR) is 113 cm³/mol. The Balaban J connectivity index is 2.01. The number of benzene rings is 1. The minimum Gasteiger partial charge on any atom is -0.489 e. The summed E-state index contributed by atoms with van der Waals surface area (Å²) in [5, 5.41) is 0. The van der Waals surface area contributed by atoms with Crippen LogP contribution in [0.1, 0.15) is 59.3 Å². The van der Waals surface area contributed by atoms with Gasteiger partial charge in [0.15, 0.2) is 11.5 Å². The average molecular weight is 401 g/mol. The zero-order valence-corrected chi connectivity index (χ0v) is 17.7. The molecule has 0 bridgehead atoms. The second-order valence-corrected chi connectivity index (χ2v) is 7.19. The van der Waals surface area contributed by atoms with Crippen molar-refractivity contribution in [3.05, 3.63) is 36.8 Å². The first kappa shape index (κ1) is 22.7. The van der Waals surface area contributed by atoms with Crippen molar-refractivity contribution in [2.45, 2.75) is 59.3 Å². The fraction of sp³-hybridized carbons (Fsp3) is 0.522. The van der Waals surface area contributed by atoms with Crippen LogP contribution in [0.5, 0.6) is 11.5 Å². The number of hydrogen-bond acceptors (Lipinski definition) is 6. The topological polar surface area (TPSA) is 70.5 Å². The third-order valence-electron chi connectivity index (χ3n) is 4.68. The lowest BCUT2D eigenvalue weighted by Crippen LogP contribution is -2.13. The van der Waals surface area contributed by atoms with E-state index in [9.17, 15) is 4.79 Å². The van der Waals surface area contributed by atoms with E-state index in [0.717, 1.165) is 36.9 Å². The first-order chi connectivity index (χ1) is 14.1. The van der Waals surface area contributed by atoms with Crippen LogP contribution in [0, 0.1) is 5.92 Å². The molecule has 1 atom stereocenters. The largest absolute Gasteiger partial charge is 0.513 e. The van der Waals surface area contributed by atoms with Gasteiger partial charge in [-0.2, -0.15) is 0 Å². The maximum Gasteiger partial charge on any atom is 0.513 e. The Morgan fingerprint density at radius 2 is 1.90 bits per heavy atom. The van der Waals surface area contributed by atoms with Crippen molar-refractivity contribution in [2.24, 2.45) is 5.92 Å². The zero-order chi connectivity index (χ0) is 20.9. The summed E-state index contributed by atoms with van der Waals surface area (Å²) in [6.45, 7) is 7.29. The SMILES string of the molecule is CCCCCCCOC(=O)Oc1ccc(-c2cnccn2)cc1OCC(C)CC.